The zero-order valence-corrected chi connectivity index (χ0v) is 15.0. The van der Waals surface area contributed by atoms with Crippen LogP contribution >= 0.6 is 11.3 Å². The van der Waals surface area contributed by atoms with E-state index in [2.05, 4.69) is 9.88 Å². The van der Waals surface area contributed by atoms with Gasteiger partial charge < -0.3 is 14.1 Å². The Hall–Kier alpha value is -1.70. The Labute approximate surface area is 151 Å². The van der Waals surface area contributed by atoms with Crippen LogP contribution in [0.5, 0.6) is 0 Å². The quantitative estimate of drug-likeness (QED) is 0.841. The first-order chi connectivity index (χ1) is 12.3. The van der Waals surface area contributed by atoms with Gasteiger partial charge in [-0.05, 0) is 31.4 Å². The first-order valence-electron chi connectivity index (χ1n) is 8.92. The minimum atomic E-state index is 0.0907. The standard InChI is InChI=1S/C18H23N3O3S/c22-18(16-13-19-17(25-16)15-3-1-11-24-15)21-7-4-14(5-8-21)20-6-2-10-23-12-9-20/h1,3,11,13-14H,2,4-10,12H2. The molecule has 0 atom stereocenters. The molecule has 0 N–H and O–H groups in total. The molecule has 25 heavy (non-hydrogen) atoms. The van der Waals surface area contributed by atoms with Crippen LogP contribution in [0.25, 0.3) is 10.8 Å². The van der Waals surface area contributed by atoms with Crippen LogP contribution in [0.1, 0.15) is 28.9 Å². The van der Waals surface area contributed by atoms with Gasteiger partial charge in [0.1, 0.15) is 4.88 Å². The molecule has 7 heteroatoms. The average Bonchev–Trinajstić information content (AvgIpc) is 3.28. The molecule has 0 radical (unpaired) electrons. The molecule has 4 rings (SSSR count). The van der Waals surface area contributed by atoms with Crippen LogP contribution in [0, 0.1) is 0 Å². The third-order valence-corrected chi connectivity index (χ3v) is 5.97. The lowest BCUT2D eigenvalue weighted by molar-refractivity contribution is 0.0613. The maximum absolute atomic E-state index is 12.8. The highest BCUT2D eigenvalue weighted by atomic mass is 32.1. The van der Waals surface area contributed by atoms with E-state index in [-0.39, 0.29) is 5.91 Å². The Morgan fingerprint density at radius 3 is 2.88 bits per heavy atom. The Bertz CT molecular complexity index is 684. The van der Waals surface area contributed by atoms with Gasteiger partial charge in [-0.25, -0.2) is 4.98 Å². The highest BCUT2D eigenvalue weighted by Crippen LogP contribution is 2.27. The molecule has 2 aromatic heterocycles. The second kappa shape index (κ2) is 7.68. The molecular formula is C18H23N3O3S. The number of piperidine rings is 1. The molecule has 0 aromatic carbocycles. The molecule has 2 aromatic rings. The minimum Gasteiger partial charge on any atom is -0.462 e. The summed E-state index contributed by atoms with van der Waals surface area (Å²) in [7, 11) is 0. The highest BCUT2D eigenvalue weighted by molar-refractivity contribution is 7.16. The summed E-state index contributed by atoms with van der Waals surface area (Å²) < 4.78 is 10.9. The summed E-state index contributed by atoms with van der Waals surface area (Å²) in [4.78, 5) is 22.3. The lowest BCUT2D eigenvalue weighted by Gasteiger charge is -2.37. The first kappa shape index (κ1) is 16.8. The largest absolute Gasteiger partial charge is 0.462 e. The van der Waals surface area contributed by atoms with Gasteiger partial charge >= 0.3 is 0 Å². The Morgan fingerprint density at radius 1 is 1.20 bits per heavy atom. The average molecular weight is 361 g/mol. The van der Waals surface area contributed by atoms with E-state index in [0.29, 0.717) is 16.7 Å². The molecule has 4 heterocycles. The molecule has 134 valence electrons. The van der Waals surface area contributed by atoms with E-state index in [1.807, 2.05) is 17.0 Å². The van der Waals surface area contributed by atoms with Crippen molar-refractivity contribution in [3.63, 3.8) is 0 Å². The van der Waals surface area contributed by atoms with Crippen molar-refractivity contribution >= 4 is 17.2 Å². The third-order valence-electron chi connectivity index (χ3n) is 4.97. The maximum Gasteiger partial charge on any atom is 0.265 e. The molecule has 0 bridgehead atoms. The monoisotopic (exact) mass is 361 g/mol. The summed E-state index contributed by atoms with van der Waals surface area (Å²) in [6, 6.07) is 4.27. The molecule has 2 fully saturated rings. The molecule has 2 saturated heterocycles. The zero-order chi connectivity index (χ0) is 17.1. The van der Waals surface area contributed by atoms with E-state index in [1.165, 1.54) is 11.3 Å². The fraction of sp³-hybridized carbons (Fsp3) is 0.556. The van der Waals surface area contributed by atoms with E-state index in [4.69, 9.17) is 9.15 Å². The molecular weight excluding hydrogens is 338 g/mol. The van der Waals surface area contributed by atoms with E-state index in [9.17, 15) is 4.79 Å². The minimum absolute atomic E-state index is 0.0907. The summed E-state index contributed by atoms with van der Waals surface area (Å²) >= 11 is 1.40. The second-order valence-corrected chi connectivity index (χ2v) is 7.56. The van der Waals surface area contributed by atoms with Gasteiger partial charge in [0.05, 0.1) is 19.1 Å². The Morgan fingerprint density at radius 2 is 2.08 bits per heavy atom. The molecule has 0 saturated carbocycles. The molecule has 0 aliphatic carbocycles. The van der Waals surface area contributed by atoms with Gasteiger partial charge in [-0.15, -0.1) is 11.3 Å². The summed E-state index contributed by atoms with van der Waals surface area (Å²) in [6.45, 7) is 5.45. The number of carbonyl (C=O) groups is 1. The summed E-state index contributed by atoms with van der Waals surface area (Å²) in [5.41, 5.74) is 0. The topological polar surface area (TPSA) is 58.8 Å². The van der Waals surface area contributed by atoms with Gasteiger partial charge in [-0.1, -0.05) is 0 Å². The lowest BCUT2D eigenvalue weighted by atomic mass is 10.0. The van der Waals surface area contributed by atoms with Crippen molar-refractivity contribution in [2.75, 3.05) is 39.4 Å². The van der Waals surface area contributed by atoms with Gasteiger partial charge in [-0.2, -0.15) is 0 Å². The number of nitrogens with zero attached hydrogens (tertiary/aromatic N) is 3. The highest BCUT2D eigenvalue weighted by Gasteiger charge is 2.28. The van der Waals surface area contributed by atoms with E-state index in [1.54, 1.807) is 12.5 Å². The van der Waals surface area contributed by atoms with Crippen molar-refractivity contribution in [2.24, 2.45) is 0 Å². The predicted molar refractivity (Wildman–Crippen MR) is 95.8 cm³/mol. The summed E-state index contributed by atoms with van der Waals surface area (Å²) in [6.07, 6.45) is 6.47. The molecule has 1 amide bonds. The van der Waals surface area contributed by atoms with Crippen molar-refractivity contribution in [3.8, 4) is 10.8 Å². The van der Waals surface area contributed by atoms with Crippen LogP contribution in [0.2, 0.25) is 0 Å². The van der Waals surface area contributed by atoms with Gasteiger partial charge in [0.15, 0.2) is 10.8 Å². The number of hydrogen-bond donors (Lipinski definition) is 0. The number of hydrogen-bond acceptors (Lipinski definition) is 6. The lowest BCUT2D eigenvalue weighted by Crippen LogP contribution is -2.47. The van der Waals surface area contributed by atoms with Crippen molar-refractivity contribution in [3.05, 3.63) is 29.5 Å². The number of ether oxygens (including phenoxy) is 1. The summed E-state index contributed by atoms with van der Waals surface area (Å²) in [5, 5.41) is 0.757. The van der Waals surface area contributed by atoms with E-state index < -0.39 is 0 Å². The van der Waals surface area contributed by atoms with Crippen LogP contribution in [-0.4, -0.2) is 66.1 Å². The number of thiazole rings is 1. The molecule has 0 spiro atoms. The van der Waals surface area contributed by atoms with Crippen LogP contribution in [-0.2, 0) is 4.74 Å². The van der Waals surface area contributed by atoms with Crippen LogP contribution in [0.3, 0.4) is 0 Å². The third kappa shape index (κ3) is 3.78. The van der Waals surface area contributed by atoms with E-state index in [0.717, 1.165) is 63.7 Å². The molecule has 6 nitrogen and oxygen atoms in total. The number of furan rings is 1. The Balaban J connectivity index is 1.35. The van der Waals surface area contributed by atoms with Crippen molar-refractivity contribution in [1.82, 2.24) is 14.8 Å². The van der Waals surface area contributed by atoms with Crippen molar-refractivity contribution < 1.29 is 13.9 Å². The smallest absolute Gasteiger partial charge is 0.265 e. The van der Waals surface area contributed by atoms with Crippen molar-refractivity contribution in [2.45, 2.75) is 25.3 Å². The zero-order valence-electron chi connectivity index (χ0n) is 14.2. The normalized spacial score (nSPS) is 20.6. The van der Waals surface area contributed by atoms with Crippen LogP contribution < -0.4 is 0 Å². The fourth-order valence-corrected chi connectivity index (χ4v) is 4.46. The van der Waals surface area contributed by atoms with Crippen molar-refractivity contribution in [1.29, 1.82) is 0 Å². The van der Waals surface area contributed by atoms with Crippen LogP contribution in [0.15, 0.2) is 29.0 Å². The van der Waals surface area contributed by atoms with Gasteiger partial charge in [0, 0.05) is 38.8 Å². The van der Waals surface area contributed by atoms with Gasteiger partial charge in [-0.3, -0.25) is 9.69 Å². The fourth-order valence-electron chi connectivity index (χ4n) is 3.61. The maximum atomic E-state index is 12.8. The number of amides is 1. The van der Waals surface area contributed by atoms with Gasteiger partial charge in [0.25, 0.3) is 5.91 Å². The SMILES string of the molecule is O=C(c1cnc(-c2ccco2)s1)N1CCC(N2CCCOCC2)CC1. The van der Waals surface area contributed by atoms with Gasteiger partial charge in [0.2, 0.25) is 0 Å². The Kier molecular flexibility index (Phi) is 5.14. The second-order valence-electron chi connectivity index (χ2n) is 6.53. The first-order valence-corrected chi connectivity index (χ1v) is 9.74. The number of likely N-dealkylation sites (tertiary alicyclic amines) is 1. The van der Waals surface area contributed by atoms with E-state index >= 15 is 0 Å². The number of carbonyl (C=O) groups excluding carboxylic acids is 1. The molecule has 2 aliphatic rings. The predicted octanol–water partition coefficient (Wildman–Crippen LogP) is 2.73. The summed E-state index contributed by atoms with van der Waals surface area (Å²) in [5.74, 6) is 0.805. The van der Waals surface area contributed by atoms with Crippen LogP contribution in [0.4, 0.5) is 0 Å². The molecule has 2 aliphatic heterocycles. The number of aromatic nitrogens is 1. The molecule has 0 unspecified atom stereocenters. The number of rotatable bonds is 3.